The Morgan fingerprint density at radius 3 is 1.35 bits per heavy atom. The van der Waals surface area contributed by atoms with Crippen LogP contribution in [0.5, 0.6) is 0 Å². The van der Waals surface area contributed by atoms with Crippen molar-refractivity contribution in [3.63, 3.8) is 0 Å². The lowest BCUT2D eigenvalue weighted by Gasteiger charge is -2.30. The smallest absolute Gasteiger partial charge is 0.246 e. The van der Waals surface area contributed by atoms with Crippen molar-refractivity contribution in [2.24, 2.45) is 0 Å². The average molecular weight is 999 g/mol. The molecule has 0 radical (unpaired) electrons. The van der Waals surface area contributed by atoms with Crippen LogP contribution in [0.2, 0.25) is 0 Å². The maximum Gasteiger partial charge on any atom is 0.246 e. The second-order valence-corrected chi connectivity index (χ2v) is 19.7. The maximum absolute atomic E-state index is 12.1. The number of imidazole rings is 4. The largest absolute Gasteiger partial charge is 0.388 e. The summed E-state index contributed by atoms with van der Waals surface area (Å²) in [4.78, 5) is 62.1. The van der Waals surface area contributed by atoms with Crippen LogP contribution in [0.1, 0.15) is 102 Å². The van der Waals surface area contributed by atoms with Crippen molar-refractivity contribution in [2.75, 3.05) is 47.6 Å². The van der Waals surface area contributed by atoms with Crippen molar-refractivity contribution < 1.29 is 40.2 Å². The molecule has 0 saturated heterocycles. The molecule has 0 aliphatic heterocycles. The van der Waals surface area contributed by atoms with Crippen molar-refractivity contribution >= 4 is 57.7 Å². The number of nitrogens with one attached hydrogen (secondary N) is 6. The minimum Gasteiger partial charge on any atom is -0.388 e. The lowest BCUT2D eigenvalue weighted by molar-refractivity contribution is -0.126. The molecule has 3 aliphatic carbocycles. The first-order chi connectivity index (χ1) is 34.7. The highest BCUT2D eigenvalue weighted by molar-refractivity contribution is 5.86. The highest BCUT2D eigenvalue weighted by atomic mass is 16.3. The summed E-state index contributed by atoms with van der Waals surface area (Å²) in [6.07, 6.45) is 10.2. The van der Waals surface area contributed by atoms with Gasteiger partial charge in [-0.15, -0.1) is 0 Å². The van der Waals surface area contributed by atoms with E-state index >= 15 is 0 Å². The number of nitrogens with zero attached hydrogens (tertiary/aromatic N) is 12. The zero-order chi connectivity index (χ0) is 50.8. The van der Waals surface area contributed by atoms with Gasteiger partial charge in [-0.3, -0.25) is 9.59 Å². The Bertz CT molecular complexity index is 2630. The summed E-state index contributed by atoms with van der Waals surface area (Å²) >= 11 is 0. The second-order valence-electron chi connectivity index (χ2n) is 19.7. The molecule has 6 heterocycles. The predicted molar refractivity (Wildman–Crippen MR) is 263 cm³/mol. The van der Waals surface area contributed by atoms with E-state index in [4.69, 9.17) is 29.9 Å². The normalized spacial score (nSPS) is 25.4. The molecule has 0 bridgehead atoms. The van der Waals surface area contributed by atoms with Crippen molar-refractivity contribution in [3.8, 4) is 0 Å². The van der Waals surface area contributed by atoms with Gasteiger partial charge in [-0.1, -0.05) is 0 Å². The third-order valence-electron chi connectivity index (χ3n) is 14.1. The van der Waals surface area contributed by atoms with E-state index in [9.17, 15) is 40.2 Å². The highest BCUT2D eigenvalue weighted by Crippen LogP contribution is 2.37. The molecule has 3 fully saturated rings. The quantitative estimate of drug-likeness (QED) is 0.0477. The van der Waals surface area contributed by atoms with E-state index in [2.05, 4.69) is 69.6 Å². The molecule has 0 spiro atoms. The van der Waals surface area contributed by atoms with Gasteiger partial charge in [0.15, 0.2) is 34.0 Å². The molecule has 6 aromatic heterocycles. The molecule has 388 valence electrons. The number of anilines is 4. The lowest BCUT2D eigenvalue weighted by atomic mass is 9.91. The number of hydrogen-bond donors (Lipinski definition) is 12. The van der Waals surface area contributed by atoms with Crippen LogP contribution in [0.25, 0.3) is 22.3 Å². The summed E-state index contributed by atoms with van der Waals surface area (Å²) in [6, 6.07) is -2.48. The Kier molecular flexibility index (Phi) is 15.1. The minimum atomic E-state index is -1.28. The predicted octanol–water partition coefficient (Wildman–Crippen LogP) is -0.0474. The van der Waals surface area contributed by atoms with E-state index in [-0.39, 0.29) is 37.0 Å². The zero-order valence-corrected chi connectivity index (χ0v) is 40.7. The summed E-state index contributed by atoms with van der Waals surface area (Å²) in [5.41, 5.74) is 3.60. The van der Waals surface area contributed by atoms with E-state index in [1.807, 2.05) is 34.2 Å². The van der Waals surface area contributed by atoms with Gasteiger partial charge in [-0.2, -0.15) is 19.9 Å². The molecule has 9 rings (SSSR count). The first-order valence-corrected chi connectivity index (χ1v) is 24.7. The van der Waals surface area contributed by atoms with Crippen LogP contribution in [0, 0.1) is 0 Å². The third-order valence-corrected chi connectivity index (χ3v) is 14.1. The molecular formula is C46H66N18O8. The number of amides is 2. The van der Waals surface area contributed by atoms with Crippen LogP contribution in [0.3, 0.4) is 0 Å². The summed E-state index contributed by atoms with van der Waals surface area (Å²) in [6.45, 7) is 7.82. The first-order valence-electron chi connectivity index (χ1n) is 24.7. The van der Waals surface area contributed by atoms with Gasteiger partial charge in [0.05, 0.1) is 60.9 Å². The van der Waals surface area contributed by atoms with E-state index in [0.29, 0.717) is 71.8 Å². The Morgan fingerprint density at radius 1 is 0.583 bits per heavy atom. The third kappa shape index (κ3) is 10.8. The van der Waals surface area contributed by atoms with Crippen LogP contribution >= 0.6 is 0 Å². The Balaban J connectivity index is 0.928. The topological polar surface area (TPSA) is 351 Å². The van der Waals surface area contributed by atoms with Gasteiger partial charge in [-0.25, -0.2) is 19.9 Å². The molecule has 0 aromatic carbocycles. The molecule has 12 N–H and O–H groups in total. The van der Waals surface area contributed by atoms with E-state index < -0.39 is 73.6 Å². The molecular weight excluding hydrogens is 933 g/mol. The van der Waals surface area contributed by atoms with Gasteiger partial charge in [0.2, 0.25) is 23.7 Å². The van der Waals surface area contributed by atoms with Gasteiger partial charge in [-0.05, 0) is 66.2 Å². The molecule has 72 heavy (non-hydrogen) atoms. The van der Waals surface area contributed by atoms with E-state index in [1.54, 1.807) is 21.8 Å². The van der Waals surface area contributed by atoms with Gasteiger partial charge in [0, 0.05) is 62.5 Å². The molecule has 6 aromatic rings. The number of aromatic nitrogens is 12. The Hall–Kier alpha value is -6.58. The van der Waals surface area contributed by atoms with Crippen molar-refractivity contribution in [1.82, 2.24) is 68.8 Å². The molecule has 2 amide bonds. The van der Waals surface area contributed by atoms with Crippen LogP contribution in [-0.4, -0.2) is 175 Å². The van der Waals surface area contributed by atoms with E-state index in [1.165, 1.54) is 0 Å². The second kappa shape index (κ2) is 21.6. The number of hydrogen-bond acceptors (Lipinski definition) is 20. The van der Waals surface area contributed by atoms with Gasteiger partial charge in [0.25, 0.3) is 0 Å². The molecule has 3 aliphatic rings. The number of carbonyl (C=O) groups excluding carboxylic acids is 2. The minimum absolute atomic E-state index is 0.0216. The van der Waals surface area contributed by atoms with Crippen LogP contribution in [0.4, 0.5) is 23.5 Å². The fraction of sp³-hybridized carbons (Fsp3) is 0.609. The standard InChI is InChI=1S/C46H66N18O8/c1-23(2)61-15-27(49-19-61)9-11-47-45-57-41(35-43(59-45)63(21-51-35)31-13-29(37(69)39(31)71)55-33(67)17-65)53-25-5-7-26(8-6-25)54-42-36-44(60-46(58-42)48-12-10-28-16-62(20-50-28)24(3)4)64(22-52-36)32-14-30(38(70)40(32)72)56-34(68)18-66/h15-16,19-26,29-32,37-40,65-66,69-72H,5-14,17-18H2,1-4H3,(H,55,67)(H,56,68)(H2,47,53,57,59)(H2,48,54,58,60)/t25?,26?,29-,30-,31+,32+,37+,38+,39-,40-/m0/s1. The van der Waals surface area contributed by atoms with Gasteiger partial charge in [0.1, 0.15) is 37.6 Å². The number of carbonyl (C=O) groups is 2. The number of aliphatic hydroxyl groups is 6. The molecule has 26 heteroatoms. The number of fused-ring (bicyclic) bond motifs is 2. The monoisotopic (exact) mass is 999 g/mol. The summed E-state index contributed by atoms with van der Waals surface area (Å²) in [7, 11) is 0. The number of rotatable bonds is 20. The molecule has 3 saturated carbocycles. The molecule has 0 unspecified atom stereocenters. The zero-order valence-electron chi connectivity index (χ0n) is 40.7. The van der Waals surface area contributed by atoms with Gasteiger partial charge < -0.3 is 80.8 Å². The van der Waals surface area contributed by atoms with Crippen LogP contribution in [0.15, 0.2) is 37.7 Å². The highest BCUT2D eigenvalue weighted by Gasteiger charge is 2.45. The maximum atomic E-state index is 12.1. The van der Waals surface area contributed by atoms with E-state index in [0.717, 1.165) is 37.1 Å². The fourth-order valence-corrected chi connectivity index (χ4v) is 9.99. The first kappa shape index (κ1) is 50.4. The SMILES string of the molecule is CC(C)n1cnc(CCNc2nc(NC3CCC(Nc4nc(NCCc5cn(C(C)C)cn5)nc5c4ncn5[C@@H]4C[C@H](NC(=O)CO)[C@@H](O)[C@H]4O)CC3)c3ncn([C@@H]4C[C@H](NC(=O)CO)[C@@H](O)[C@H]4O)c3n2)c1. The summed E-state index contributed by atoms with van der Waals surface area (Å²) in [5, 5.41) is 82.0. The Labute approximate surface area is 414 Å². The average Bonchev–Trinajstić information content (AvgIpc) is 4.25. The Morgan fingerprint density at radius 2 is 0.986 bits per heavy atom. The molecule has 8 atom stereocenters. The van der Waals surface area contributed by atoms with Crippen LogP contribution in [-0.2, 0) is 22.4 Å². The summed E-state index contributed by atoms with van der Waals surface area (Å²) < 4.78 is 7.49. The molecule has 26 nitrogen and oxygen atoms in total. The van der Waals surface area contributed by atoms with Crippen molar-refractivity contribution in [3.05, 3.63) is 49.1 Å². The van der Waals surface area contributed by atoms with Crippen molar-refractivity contribution in [2.45, 2.75) is 152 Å². The summed E-state index contributed by atoms with van der Waals surface area (Å²) in [5.74, 6) is 0.330. The lowest BCUT2D eigenvalue weighted by Crippen LogP contribution is -2.44. The van der Waals surface area contributed by atoms with Crippen LogP contribution < -0.4 is 31.9 Å². The van der Waals surface area contributed by atoms with Crippen molar-refractivity contribution in [1.29, 1.82) is 0 Å². The fourth-order valence-electron chi connectivity index (χ4n) is 9.99. The van der Waals surface area contributed by atoms with Gasteiger partial charge >= 0.3 is 0 Å². The number of aliphatic hydroxyl groups excluding tert-OH is 6.